The van der Waals surface area contributed by atoms with Crippen molar-refractivity contribution in [3.8, 4) is 16.9 Å². The van der Waals surface area contributed by atoms with Crippen molar-refractivity contribution < 1.29 is 19.1 Å². The van der Waals surface area contributed by atoms with Gasteiger partial charge in [0.2, 0.25) is 5.91 Å². The van der Waals surface area contributed by atoms with E-state index in [0.29, 0.717) is 23.9 Å². The van der Waals surface area contributed by atoms with Gasteiger partial charge in [-0.2, -0.15) is 5.10 Å². The van der Waals surface area contributed by atoms with Crippen LogP contribution < -0.4 is 9.64 Å². The minimum atomic E-state index is -0.211. The molecule has 1 saturated heterocycles. The largest absolute Gasteiger partial charge is 0.496 e. The summed E-state index contributed by atoms with van der Waals surface area (Å²) in [6.45, 7) is 4.29. The van der Waals surface area contributed by atoms with Crippen LogP contribution in [0.3, 0.4) is 0 Å². The Labute approximate surface area is 291 Å². The SMILES string of the molecule is COc1ccc(C2CCC(CN(C(=O)C3CCC(OC(=O)N4CC(N(C)C)C4)CC3)c3cccc(-c4cnn(C5CC5)c4)c3)CC2)cc1C. The Balaban J connectivity index is 1.02. The van der Waals surface area contributed by atoms with Crippen molar-refractivity contribution in [1.82, 2.24) is 19.6 Å². The maximum atomic E-state index is 14.5. The number of nitrogens with zero attached hydrogens (tertiary/aromatic N) is 5. The standard InChI is InChI=1S/C40H53N5O4/c1-27-20-32(14-19-38(27)48-4)29-10-8-28(9-11-29)23-44(35-7-5-6-31(21-35)33-22-41-45(24-33)34-15-16-34)39(46)30-12-17-37(18-13-30)49-40(47)43-25-36(26-43)42(2)3/h5-7,14,19-22,24,28-30,34,36-37H,8-13,15-18,23,25-26H2,1-4H3. The molecule has 0 atom stereocenters. The highest BCUT2D eigenvalue weighted by Crippen LogP contribution is 2.40. The lowest BCUT2D eigenvalue weighted by molar-refractivity contribution is -0.124. The molecule has 0 bridgehead atoms. The summed E-state index contributed by atoms with van der Waals surface area (Å²) in [5.41, 5.74) is 5.74. The lowest BCUT2D eigenvalue weighted by atomic mass is 9.78. The van der Waals surface area contributed by atoms with Crippen LogP contribution in [0.5, 0.6) is 5.75 Å². The second-order valence-corrected chi connectivity index (χ2v) is 15.3. The predicted octanol–water partition coefficient (Wildman–Crippen LogP) is 7.45. The molecule has 4 fully saturated rings. The third kappa shape index (κ3) is 7.67. The monoisotopic (exact) mass is 667 g/mol. The fourth-order valence-electron chi connectivity index (χ4n) is 8.09. The molecular formula is C40H53N5O4. The Hall–Kier alpha value is -3.85. The number of hydrogen-bond donors (Lipinski definition) is 0. The number of carbonyl (C=O) groups is 2. The summed E-state index contributed by atoms with van der Waals surface area (Å²) >= 11 is 0. The molecule has 3 aromatic rings. The van der Waals surface area contributed by atoms with Crippen LogP contribution >= 0.6 is 0 Å². The summed E-state index contributed by atoms with van der Waals surface area (Å²) in [7, 11) is 5.82. The molecule has 1 aromatic heterocycles. The molecule has 0 N–H and O–H groups in total. The number of amides is 2. The number of methoxy groups -OCH3 is 1. The summed E-state index contributed by atoms with van der Waals surface area (Å²) in [6, 6.07) is 16.0. The number of benzene rings is 2. The van der Waals surface area contributed by atoms with Crippen molar-refractivity contribution in [2.45, 2.75) is 95.2 Å². The van der Waals surface area contributed by atoms with Gasteiger partial charge in [0.15, 0.2) is 0 Å². The zero-order valence-electron chi connectivity index (χ0n) is 29.7. The van der Waals surface area contributed by atoms with Crippen LogP contribution in [0.1, 0.15) is 87.3 Å². The molecule has 49 heavy (non-hydrogen) atoms. The zero-order chi connectivity index (χ0) is 34.1. The average Bonchev–Trinajstić information content (AvgIpc) is 3.82. The van der Waals surface area contributed by atoms with Crippen molar-refractivity contribution >= 4 is 17.7 Å². The maximum absolute atomic E-state index is 14.5. The van der Waals surface area contributed by atoms with Crippen LogP contribution in [0.4, 0.5) is 10.5 Å². The first-order valence-corrected chi connectivity index (χ1v) is 18.5. The first-order chi connectivity index (χ1) is 23.7. The minimum Gasteiger partial charge on any atom is -0.496 e. The van der Waals surface area contributed by atoms with Gasteiger partial charge < -0.3 is 24.2 Å². The molecule has 0 unspecified atom stereocenters. The molecule has 0 radical (unpaired) electrons. The third-order valence-electron chi connectivity index (χ3n) is 11.6. The van der Waals surface area contributed by atoms with Gasteiger partial charge in [-0.1, -0.05) is 24.3 Å². The van der Waals surface area contributed by atoms with Gasteiger partial charge >= 0.3 is 6.09 Å². The molecule has 262 valence electrons. The van der Waals surface area contributed by atoms with E-state index >= 15 is 0 Å². The topological polar surface area (TPSA) is 80.1 Å². The quantitative estimate of drug-likeness (QED) is 0.224. The molecule has 9 nitrogen and oxygen atoms in total. The van der Waals surface area contributed by atoms with E-state index in [1.54, 1.807) is 12.0 Å². The van der Waals surface area contributed by atoms with Crippen molar-refractivity contribution in [1.29, 1.82) is 0 Å². The number of anilines is 1. The molecular weight excluding hydrogens is 614 g/mol. The van der Waals surface area contributed by atoms with E-state index < -0.39 is 0 Å². The van der Waals surface area contributed by atoms with E-state index in [1.165, 1.54) is 24.0 Å². The van der Waals surface area contributed by atoms with Gasteiger partial charge in [-0.05, 0) is 132 Å². The lowest BCUT2D eigenvalue weighted by Crippen LogP contribution is -2.59. The molecule has 3 aliphatic carbocycles. The van der Waals surface area contributed by atoms with Gasteiger partial charge in [0.05, 0.1) is 19.3 Å². The first kappa shape index (κ1) is 33.6. The number of aryl methyl sites for hydroxylation is 1. The van der Waals surface area contributed by atoms with E-state index in [9.17, 15) is 9.59 Å². The number of carbonyl (C=O) groups excluding carboxylic acids is 2. The zero-order valence-corrected chi connectivity index (χ0v) is 29.7. The Kier molecular flexibility index (Phi) is 9.99. The summed E-state index contributed by atoms with van der Waals surface area (Å²) in [5.74, 6) is 2.06. The van der Waals surface area contributed by atoms with Crippen molar-refractivity contribution in [2.24, 2.45) is 11.8 Å². The molecule has 3 saturated carbocycles. The fourth-order valence-corrected chi connectivity index (χ4v) is 8.09. The molecule has 0 spiro atoms. The molecule has 9 heteroatoms. The van der Waals surface area contributed by atoms with Crippen LogP contribution in [0.25, 0.3) is 11.1 Å². The van der Waals surface area contributed by atoms with E-state index in [2.05, 4.69) is 75.2 Å². The summed E-state index contributed by atoms with van der Waals surface area (Å²) in [5, 5.41) is 4.63. The number of ether oxygens (including phenoxy) is 2. The van der Waals surface area contributed by atoms with Gasteiger partial charge in [-0.15, -0.1) is 0 Å². The Morgan fingerprint density at radius 1 is 0.898 bits per heavy atom. The summed E-state index contributed by atoms with van der Waals surface area (Å²) in [4.78, 5) is 33.2. The van der Waals surface area contributed by atoms with Crippen molar-refractivity contribution in [3.63, 3.8) is 0 Å². The predicted molar refractivity (Wildman–Crippen MR) is 192 cm³/mol. The van der Waals surface area contributed by atoms with Gasteiger partial charge in [0.25, 0.3) is 0 Å². The second kappa shape index (κ2) is 14.6. The molecule has 2 aromatic carbocycles. The van der Waals surface area contributed by atoms with Crippen LogP contribution in [0, 0.1) is 18.8 Å². The van der Waals surface area contributed by atoms with Gasteiger partial charge in [-0.3, -0.25) is 9.48 Å². The van der Waals surface area contributed by atoms with E-state index in [-0.39, 0.29) is 24.0 Å². The second-order valence-electron chi connectivity index (χ2n) is 15.3. The van der Waals surface area contributed by atoms with Gasteiger partial charge in [0, 0.05) is 49.0 Å². The Bertz CT molecular complexity index is 1610. The van der Waals surface area contributed by atoms with E-state index in [0.717, 1.165) is 93.6 Å². The van der Waals surface area contributed by atoms with Crippen LogP contribution in [-0.4, -0.2) is 84.6 Å². The molecule has 7 rings (SSSR count). The van der Waals surface area contributed by atoms with Crippen molar-refractivity contribution in [2.75, 3.05) is 45.7 Å². The van der Waals surface area contributed by atoms with E-state index in [1.807, 2.05) is 20.3 Å². The van der Waals surface area contributed by atoms with Crippen LogP contribution in [-0.2, 0) is 9.53 Å². The van der Waals surface area contributed by atoms with Gasteiger partial charge in [0.1, 0.15) is 11.9 Å². The Morgan fingerprint density at radius 3 is 2.33 bits per heavy atom. The molecule has 1 aliphatic heterocycles. The average molecular weight is 668 g/mol. The maximum Gasteiger partial charge on any atom is 0.410 e. The minimum absolute atomic E-state index is 0.0723. The number of likely N-dealkylation sites (tertiary alicyclic amines) is 1. The van der Waals surface area contributed by atoms with E-state index in [4.69, 9.17) is 9.47 Å². The highest BCUT2D eigenvalue weighted by atomic mass is 16.6. The van der Waals surface area contributed by atoms with Crippen LogP contribution in [0.2, 0.25) is 0 Å². The molecule has 4 aliphatic rings. The van der Waals surface area contributed by atoms with Crippen LogP contribution in [0.15, 0.2) is 54.9 Å². The molecule has 2 amide bonds. The number of aromatic nitrogens is 2. The van der Waals surface area contributed by atoms with Gasteiger partial charge in [-0.25, -0.2) is 4.79 Å². The highest BCUT2D eigenvalue weighted by molar-refractivity contribution is 5.95. The van der Waals surface area contributed by atoms with Crippen molar-refractivity contribution in [3.05, 3.63) is 66.0 Å². The first-order valence-electron chi connectivity index (χ1n) is 18.5. The highest BCUT2D eigenvalue weighted by Gasteiger charge is 2.37. The number of rotatable bonds is 10. The Morgan fingerprint density at radius 2 is 1.65 bits per heavy atom. The fraction of sp³-hybridized carbons (Fsp3) is 0.575. The smallest absolute Gasteiger partial charge is 0.410 e. The lowest BCUT2D eigenvalue weighted by Gasteiger charge is -2.42. The number of hydrogen-bond acceptors (Lipinski definition) is 6. The summed E-state index contributed by atoms with van der Waals surface area (Å²) < 4.78 is 13.5. The molecule has 2 heterocycles. The normalized spacial score (nSPS) is 24.4. The third-order valence-corrected chi connectivity index (χ3v) is 11.6. The number of likely N-dealkylation sites (N-methyl/N-ethyl adjacent to an activating group) is 1. The summed E-state index contributed by atoms with van der Waals surface area (Å²) in [6.07, 6.45) is 13.6.